The molecule has 242 valence electrons. The van der Waals surface area contributed by atoms with Crippen molar-refractivity contribution in [2.45, 2.75) is 62.9 Å². The number of fused-ring (bicyclic) bond motifs is 2. The first kappa shape index (κ1) is 32.3. The molecule has 0 atom stereocenters. The van der Waals surface area contributed by atoms with Crippen LogP contribution in [0.15, 0.2) is 68.4 Å². The number of amides is 2. The van der Waals surface area contributed by atoms with Crippen LogP contribution in [0.5, 0.6) is 0 Å². The third-order valence-corrected chi connectivity index (χ3v) is 11.0. The lowest BCUT2D eigenvalue weighted by molar-refractivity contribution is -0.130. The first-order valence-corrected chi connectivity index (χ1v) is 18.1. The van der Waals surface area contributed by atoms with Gasteiger partial charge in [-0.05, 0) is 61.8 Å². The smallest absolute Gasteiger partial charge is 0.262 e. The minimum Gasteiger partial charge on any atom is -0.342 e. The Balaban J connectivity index is 1.27. The van der Waals surface area contributed by atoms with E-state index in [1.165, 1.54) is 23.5 Å². The van der Waals surface area contributed by atoms with Crippen molar-refractivity contribution in [1.82, 2.24) is 28.9 Å². The standard InChI is InChI=1S/C34H40N6O4S2/c1-23-11-15-37(16-12-23)29(41)21-45-33-35-27-9-5-3-7-25(27)31(43)39(33)19-20-40-32(44)26-8-4-6-10-28(26)36-34(40)46-22-30(42)38-17-13-24(2)14-18-38/h3-10,23-24H,11-22H2,1-2H3. The van der Waals surface area contributed by atoms with Crippen LogP contribution in [0.4, 0.5) is 0 Å². The molecule has 2 saturated heterocycles. The Bertz CT molecular complexity index is 1720. The van der Waals surface area contributed by atoms with E-state index in [4.69, 9.17) is 9.97 Å². The van der Waals surface area contributed by atoms with Crippen LogP contribution in [0, 0.1) is 11.8 Å². The number of benzene rings is 2. The second kappa shape index (κ2) is 14.4. The van der Waals surface area contributed by atoms with Gasteiger partial charge >= 0.3 is 0 Å². The van der Waals surface area contributed by atoms with E-state index < -0.39 is 0 Å². The third-order valence-electron chi connectivity index (χ3n) is 9.12. The van der Waals surface area contributed by atoms with Gasteiger partial charge in [0.25, 0.3) is 11.1 Å². The van der Waals surface area contributed by atoms with Crippen LogP contribution >= 0.6 is 23.5 Å². The zero-order valence-electron chi connectivity index (χ0n) is 26.4. The maximum atomic E-state index is 13.8. The highest BCUT2D eigenvalue weighted by Gasteiger charge is 2.23. The minimum absolute atomic E-state index is 0.0346. The van der Waals surface area contributed by atoms with Gasteiger partial charge in [-0.3, -0.25) is 28.3 Å². The number of nitrogens with zero attached hydrogens (tertiary/aromatic N) is 6. The van der Waals surface area contributed by atoms with Gasteiger partial charge in [-0.25, -0.2) is 9.97 Å². The molecule has 46 heavy (non-hydrogen) atoms. The molecule has 2 aliphatic rings. The number of para-hydroxylation sites is 2. The van der Waals surface area contributed by atoms with Crippen molar-refractivity contribution in [3.8, 4) is 0 Å². The van der Waals surface area contributed by atoms with Crippen molar-refractivity contribution in [3.63, 3.8) is 0 Å². The molecular formula is C34H40N6O4S2. The molecule has 0 unspecified atom stereocenters. The molecule has 0 saturated carbocycles. The van der Waals surface area contributed by atoms with Gasteiger partial charge in [0.05, 0.1) is 33.3 Å². The summed E-state index contributed by atoms with van der Waals surface area (Å²) in [6, 6.07) is 14.4. The normalized spacial score (nSPS) is 16.4. The fraction of sp³-hybridized carbons (Fsp3) is 0.471. The van der Waals surface area contributed by atoms with E-state index in [9.17, 15) is 19.2 Å². The van der Waals surface area contributed by atoms with Crippen LogP contribution < -0.4 is 11.1 Å². The van der Waals surface area contributed by atoms with Gasteiger partial charge in [0.15, 0.2) is 10.3 Å². The highest BCUT2D eigenvalue weighted by atomic mass is 32.2. The number of rotatable bonds is 9. The lowest BCUT2D eigenvalue weighted by atomic mass is 9.99. The Kier molecular flexibility index (Phi) is 10.1. The molecule has 4 heterocycles. The lowest BCUT2D eigenvalue weighted by Gasteiger charge is -2.30. The Hall–Kier alpha value is -3.64. The molecule has 2 aromatic carbocycles. The van der Waals surface area contributed by atoms with E-state index in [1.807, 2.05) is 21.9 Å². The average Bonchev–Trinajstić information content (AvgIpc) is 3.07. The number of piperidine rings is 2. The lowest BCUT2D eigenvalue weighted by Crippen LogP contribution is -2.39. The Labute approximate surface area is 276 Å². The molecule has 0 spiro atoms. The van der Waals surface area contributed by atoms with Crippen LogP contribution in [0.25, 0.3) is 21.8 Å². The fourth-order valence-electron chi connectivity index (χ4n) is 6.06. The number of thioether (sulfide) groups is 2. The van der Waals surface area contributed by atoms with Gasteiger partial charge < -0.3 is 9.80 Å². The number of carbonyl (C=O) groups is 2. The largest absolute Gasteiger partial charge is 0.342 e. The second-order valence-corrected chi connectivity index (χ2v) is 14.3. The van der Waals surface area contributed by atoms with Crippen LogP contribution in [-0.2, 0) is 22.7 Å². The SMILES string of the molecule is CC1CCN(C(=O)CSc2nc3ccccc3c(=O)n2CCn2c(SCC(=O)N3CCC(C)CC3)nc3ccccc3c2=O)CC1. The summed E-state index contributed by atoms with van der Waals surface area (Å²) in [5.74, 6) is 1.66. The first-order chi connectivity index (χ1) is 22.3. The van der Waals surface area contributed by atoms with Gasteiger partial charge in [-0.1, -0.05) is 61.6 Å². The average molecular weight is 661 g/mol. The minimum atomic E-state index is -0.224. The Morgan fingerprint density at radius 3 is 1.41 bits per heavy atom. The summed E-state index contributed by atoms with van der Waals surface area (Å²) in [6.07, 6.45) is 3.97. The number of likely N-dealkylation sites (tertiary alicyclic amines) is 2. The number of carbonyl (C=O) groups excluding carboxylic acids is 2. The Morgan fingerprint density at radius 1 is 0.652 bits per heavy atom. The van der Waals surface area contributed by atoms with Crippen LogP contribution in [0.2, 0.25) is 0 Å². The summed E-state index contributed by atoms with van der Waals surface area (Å²) >= 11 is 2.51. The summed E-state index contributed by atoms with van der Waals surface area (Å²) in [7, 11) is 0. The molecule has 2 aliphatic heterocycles. The van der Waals surface area contributed by atoms with Crippen LogP contribution in [0.1, 0.15) is 39.5 Å². The van der Waals surface area contributed by atoms with E-state index in [1.54, 1.807) is 45.5 Å². The van der Waals surface area contributed by atoms with Gasteiger partial charge in [0.1, 0.15) is 0 Å². The summed E-state index contributed by atoms with van der Waals surface area (Å²) in [4.78, 5) is 67.2. The summed E-state index contributed by atoms with van der Waals surface area (Å²) in [6.45, 7) is 7.71. The van der Waals surface area contributed by atoms with E-state index in [0.29, 0.717) is 44.0 Å². The molecule has 12 heteroatoms. The Morgan fingerprint density at radius 2 is 1.02 bits per heavy atom. The van der Waals surface area contributed by atoms with Crippen LogP contribution in [-0.4, -0.2) is 78.4 Å². The quantitative estimate of drug-likeness (QED) is 0.191. The van der Waals surface area contributed by atoms with Crippen molar-refractivity contribution in [3.05, 3.63) is 69.2 Å². The summed E-state index contributed by atoms with van der Waals surface area (Å²) < 4.78 is 3.13. The number of hydrogen-bond acceptors (Lipinski definition) is 8. The molecule has 2 aromatic heterocycles. The number of hydrogen-bond donors (Lipinski definition) is 0. The zero-order valence-corrected chi connectivity index (χ0v) is 28.0. The molecular weight excluding hydrogens is 621 g/mol. The first-order valence-electron chi connectivity index (χ1n) is 16.1. The van der Waals surface area contributed by atoms with Crippen LogP contribution in [0.3, 0.4) is 0 Å². The summed E-state index contributed by atoms with van der Waals surface area (Å²) in [5, 5.41) is 1.83. The topological polar surface area (TPSA) is 110 Å². The predicted molar refractivity (Wildman–Crippen MR) is 183 cm³/mol. The maximum Gasteiger partial charge on any atom is 0.262 e. The second-order valence-electron chi connectivity index (χ2n) is 12.4. The van der Waals surface area contributed by atoms with Gasteiger partial charge in [-0.15, -0.1) is 0 Å². The number of aromatic nitrogens is 4. The van der Waals surface area contributed by atoms with Gasteiger partial charge in [0, 0.05) is 39.3 Å². The monoisotopic (exact) mass is 660 g/mol. The third kappa shape index (κ3) is 7.17. The highest BCUT2D eigenvalue weighted by molar-refractivity contribution is 8.00. The van der Waals surface area contributed by atoms with Gasteiger partial charge in [-0.2, -0.15) is 0 Å². The molecule has 0 N–H and O–H groups in total. The van der Waals surface area contributed by atoms with Crippen molar-refractivity contribution < 1.29 is 9.59 Å². The molecule has 0 aliphatic carbocycles. The van der Waals surface area contributed by atoms with E-state index in [-0.39, 0.29) is 47.5 Å². The zero-order chi connectivity index (χ0) is 32.2. The molecule has 2 fully saturated rings. The highest BCUT2D eigenvalue weighted by Crippen LogP contribution is 2.24. The fourth-order valence-corrected chi connectivity index (χ4v) is 7.92. The molecule has 0 radical (unpaired) electrons. The van der Waals surface area contributed by atoms with Crippen molar-refractivity contribution in [2.24, 2.45) is 11.8 Å². The van der Waals surface area contributed by atoms with E-state index >= 15 is 0 Å². The van der Waals surface area contributed by atoms with Crippen molar-refractivity contribution >= 4 is 57.1 Å². The maximum absolute atomic E-state index is 13.8. The van der Waals surface area contributed by atoms with E-state index in [0.717, 1.165) is 51.9 Å². The van der Waals surface area contributed by atoms with E-state index in [2.05, 4.69) is 13.8 Å². The molecule has 2 amide bonds. The van der Waals surface area contributed by atoms with Gasteiger partial charge in [0.2, 0.25) is 11.8 Å². The van der Waals surface area contributed by atoms with Crippen molar-refractivity contribution in [2.75, 3.05) is 37.7 Å². The summed E-state index contributed by atoms with van der Waals surface area (Å²) in [5.41, 5.74) is 0.685. The molecule has 10 nitrogen and oxygen atoms in total. The molecule has 6 rings (SSSR count). The predicted octanol–water partition coefficient (Wildman–Crippen LogP) is 4.51. The molecule has 4 aromatic rings. The molecule has 0 bridgehead atoms. The van der Waals surface area contributed by atoms with Crippen molar-refractivity contribution in [1.29, 1.82) is 0 Å².